The van der Waals surface area contributed by atoms with E-state index in [0.717, 1.165) is 29.4 Å². The average Bonchev–Trinajstić information content (AvgIpc) is 3.27. The third kappa shape index (κ3) is 5.13. The summed E-state index contributed by atoms with van der Waals surface area (Å²) in [6, 6.07) is 2.04. The number of hydrogen-bond donors (Lipinski definition) is 2. The van der Waals surface area contributed by atoms with Crippen molar-refractivity contribution in [3.8, 4) is 17.6 Å². The van der Waals surface area contributed by atoms with Crippen molar-refractivity contribution in [1.29, 1.82) is 0 Å². The van der Waals surface area contributed by atoms with Crippen LogP contribution in [-0.2, 0) is 22.0 Å². The van der Waals surface area contributed by atoms with Crippen molar-refractivity contribution in [2.24, 2.45) is 0 Å². The van der Waals surface area contributed by atoms with Crippen molar-refractivity contribution in [3.05, 3.63) is 23.5 Å². The third-order valence-electron chi connectivity index (χ3n) is 6.56. The topological polar surface area (TPSA) is 122 Å². The Bertz CT molecular complexity index is 1310. The predicted octanol–water partition coefficient (Wildman–Crippen LogP) is 1.54. The number of nitrogens with zero attached hydrogens (tertiary/aromatic N) is 5. The van der Waals surface area contributed by atoms with Crippen molar-refractivity contribution >= 4 is 34.5 Å². The lowest BCUT2D eigenvalue weighted by molar-refractivity contribution is 0.169. The third-order valence-corrected chi connectivity index (χ3v) is 8.02. The molecule has 2 atom stereocenters. The van der Waals surface area contributed by atoms with Gasteiger partial charge in [0.05, 0.1) is 35.2 Å². The molecule has 0 aromatic carbocycles. The van der Waals surface area contributed by atoms with Gasteiger partial charge in [-0.25, -0.2) is 14.8 Å². The highest BCUT2D eigenvalue weighted by molar-refractivity contribution is 7.85. The Morgan fingerprint density at radius 3 is 2.97 bits per heavy atom. The number of methoxy groups -OCH3 is 1. The number of carbonyl (C=O) groups excluding carboxylic acids is 1. The molecule has 11 nitrogen and oxygen atoms in total. The van der Waals surface area contributed by atoms with E-state index in [0.29, 0.717) is 55.1 Å². The Morgan fingerprint density at radius 1 is 1.35 bits per heavy atom. The summed E-state index contributed by atoms with van der Waals surface area (Å²) < 4.78 is 23.5. The van der Waals surface area contributed by atoms with Gasteiger partial charge in [0.25, 0.3) is 0 Å². The van der Waals surface area contributed by atoms with Crippen LogP contribution in [0.4, 0.5) is 22.4 Å². The van der Waals surface area contributed by atoms with Crippen LogP contribution in [0.15, 0.2) is 17.2 Å². The van der Waals surface area contributed by atoms with Crippen molar-refractivity contribution in [2.75, 3.05) is 60.8 Å². The molecule has 0 radical (unpaired) electrons. The normalized spacial score (nSPS) is 20.0. The number of rotatable bonds is 5. The lowest BCUT2D eigenvalue weighted by atomic mass is 10.1. The number of fused-ring (bicyclic) bond motifs is 4. The molecule has 5 heterocycles. The monoisotopic (exact) mass is 525 g/mol. The van der Waals surface area contributed by atoms with Crippen LogP contribution in [0, 0.1) is 11.8 Å². The second kappa shape index (κ2) is 10.0. The smallest absolute Gasteiger partial charge is 0.406 e. The summed E-state index contributed by atoms with van der Waals surface area (Å²) in [6.07, 6.45) is 1.91. The molecule has 1 amide bonds. The van der Waals surface area contributed by atoms with Crippen LogP contribution in [0.5, 0.6) is 5.75 Å². The van der Waals surface area contributed by atoms with Gasteiger partial charge in [0.2, 0.25) is 5.95 Å². The van der Waals surface area contributed by atoms with E-state index in [2.05, 4.69) is 42.0 Å². The lowest BCUT2D eigenvalue weighted by Crippen LogP contribution is -2.58. The highest BCUT2D eigenvalue weighted by Crippen LogP contribution is 2.36. The van der Waals surface area contributed by atoms with Crippen LogP contribution in [0.2, 0.25) is 0 Å². The van der Waals surface area contributed by atoms with Crippen LogP contribution in [0.3, 0.4) is 0 Å². The molecule has 2 aromatic rings. The summed E-state index contributed by atoms with van der Waals surface area (Å²) in [5, 5.41) is 6.11. The largest absolute Gasteiger partial charge is 0.487 e. The summed E-state index contributed by atoms with van der Waals surface area (Å²) in [6.45, 7) is 8.64. The Morgan fingerprint density at radius 2 is 2.19 bits per heavy atom. The number of nitrogens with one attached hydrogen (secondary N) is 2. The molecule has 37 heavy (non-hydrogen) atoms. The maximum absolute atomic E-state index is 12.8. The predicted molar refractivity (Wildman–Crippen MR) is 141 cm³/mol. The van der Waals surface area contributed by atoms with Gasteiger partial charge in [-0.1, -0.05) is 5.92 Å². The molecule has 12 heteroatoms. The number of carbonyl (C=O) groups is 1. The standard InChI is InChI=1S/C25H31N7O4S/c1-5-6-16-11-19-22(26-12-16)32-9-8-31(13-17(32)14-36-19)23-28-18-7-10-37(34)20(18)21(29-23)30-25(2,3)15-27-24(33)35-4/h11-12,17H,7-10,13-15H2,1-4H3,(H,27,33)(H,28,29,30)/t17-,37-/m0/s1. The highest BCUT2D eigenvalue weighted by Gasteiger charge is 2.36. The van der Waals surface area contributed by atoms with E-state index in [1.165, 1.54) is 7.11 Å². The minimum atomic E-state index is -1.17. The first-order chi connectivity index (χ1) is 17.8. The van der Waals surface area contributed by atoms with Crippen LogP contribution in [0.1, 0.15) is 32.0 Å². The van der Waals surface area contributed by atoms with Crippen molar-refractivity contribution in [2.45, 2.75) is 43.7 Å². The van der Waals surface area contributed by atoms with E-state index >= 15 is 0 Å². The second-order valence-electron chi connectivity index (χ2n) is 9.83. The summed E-state index contributed by atoms with van der Waals surface area (Å²) >= 11 is 0. The number of pyridine rings is 1. The maximum Gasteiger partial charge on any atom is 0.406 e. The molecule has 1 saturated heterocycles. The number of aryl methyl sites for hydroxylation is 1. The number of hydrogen-bond acceptors (Lipinski definition) is 10. The summed E-state index contributed by atoms with van der Waals surface area (Å²) in [7, 11) is 0.155. The van der Waals surface area contributed by atoms with Crippen molar-refractivity contribution in [3.63, 3.8) is 0 Å². The quantitative estimate of drug-likeness (QED) is 0.556. The molecule has 0 aliphatic carbocycles. The van der Waals surface area contributed by atoms with Gasteiger partial charge in [0.1, 0.15) is 17.3 Å². The molecule has 196 valence electrons. The van der Waals surface area contributed by atoms with Crippen LogP contribution >= 0.6 is 0 Å². The van der Waals surface area contributed by atoms with Crippen molar-refractivity contribution < 1.29 is 18.5 Å². The molecular weight excluding hydrogens is 494 g/mol. The van der Waals surface area contributed by atoms with E-state index < -0.39 is 22.4 Å². The lowest BCUT2D eigenvalue weighted by Gasteiger charge is -2.44. The van der Waals surface area contributed by atoms with Crippen LogP contribution < -0.4 is 25.2 Å². The van der Waals surface area contributed by atoms with E-state index in [-0.39, 0.29) is 6.04 Å². The zero-order valence-electron chi connectivity index (χ0n) is 21.5. The van der Waals surface area contributed by atoms with Gasteiger partial charge >= 0.3 is 6.09 Å². The van der Waals surface area contributed by atoms with E-state index in [1.807, 2.05) is 19.9 Å². The first-order valence-electron chi connectivity index (χ1n) is 12.2. The fourth-order valence-corrected chi connectivity index (χ4v) is 6.06. The number of anilines is 3. The summed E-state index contributed by atoms with van der Waals surface area (Å²) in [4.78, 5) is 31.0. The highest BCUT2D eigenvalue weighted by atomic mass is 32.2. The van der Waals surface area contributed by atoms with E-state index in [1.54, 1.807) is 13.1 Å². The minimum absolute atomic E-state index is 0.0972. The van der Waals surface area contributed by atoms with E-state index in [9.17, 15) is 9.00 Å². The van der Waals surface area contributed by atoms with Crippen LogP contribution in [-0.4, -0.2) is 82.5 Å². The molecule has 0 bridgehead atoms. The van der Waals surface area contributed by atoms with Gasteiger partial charge in [-0.3, -0.25) is 4.21 Å². The first kappa shape index (κ1) is 25.1. The molecule has 2 aromatic heterocycles. The van der Waals surface area contributed by atoms with Gasteiger partial charge in [-0.05, 0) is 20.8 Å². The second-order valence-corrected chi connectivity index (χ2v) is 11.3. The van der Waals surface area contributed by atoms with Gasteiger partial charge in [-0.15, -0.1) is 5.92 Å². The maximum atomic E-state index is 12.8. The zero-order valence-corrected chi connectivity index (χ0v) is 22.3. The summed E-state index contributed by atoms with van der Waals surface area (Å²) in [5.41, 5.74) is 1.08. The van der Waals surface area contributed by atoms with Gasteiger partial charge in [-0.2, -0.15) is 4.98 Å². The van der Waals surface area contributed by atoms with Crippen molar-refractivity contribution in [1.82, 2.24) is 20.3 Å². The number of amides is 1. The van der Waals surface area contributed by atoms with Gasteiger partial charge in [0.15, 0.2) is 11.6 Å². The van der Waals surface area contributed by atoms with E-state index in [4.69, 9.17) is 14.7 Å². The summed E-state index contributed by atoms with van der Waals surface area (Å²) in [5.74, 6) is 9.20. The Balaban J connectivity index is 1.37. The van der Waals surface area contributed by atoms with Gasteiger partial charge < -0.3 is 29.9 Å². The fraction of sp³-hybridized carbons (Fsp3) is 0.520. The number of ether oxygens (including phenoxy) is 2. The zero-order chi connectivity index (χ0) is 26.2. The average molecular weight is 526 g/mol. The molecule has 0 saturated carbocycles. The molecule has 5 rings (SSSR count). The number of alkyl carbamates (subject to hydrolysis) is 1. The molecule has 0 spiro atoms. The number of piperazine rings is 1. The molecular formula is C25H31N7O4S. The first-order valence-corrected chi connectivity index (χ1v) is 13.6. The fourth-order valence-electron chi connectivity index (χ4n) is 4.76. The van der Waals surface area contributed by atoms with Gasteiger partial charge in [0, 0.05) is 56.2 Å². The minimum Gasteiger partial charge on any atom is -0.487 e. The Hall–Kier alpha value is -3.59. The molecule has 0 unspecified atom stereocenters. The molecule has 2 N–H and O–H groups in total. The Kier molecular flexibility index (Phi) is 6.81. The SMILES string of the molecule is CC#Cc1cnc2c(c1)OC[C@@H]1CN(c3nc4c(c(NC(C)(C)CNC(=O)OC)n3)[S@@](=O)CC4)CCN21. The molecule has 3 aliphatic rings. The van der Waals surface area contributed by atoms with Crippen LogP contribution in [0.25, 0.3) is 0 Å². The molecule has 1 fully saturated rings. The number of aromatic nitrogens is 3. The molecule has 3 aliphatic heterocycles. The Labute approximate surface area is 218 Å².